The van der Waals surface area contributed by atoms with Crippen molar-refractivity contribution in [2.24, 2.45) is 5.73 Å². The Kier molecular flexibility index (Phi) is 5.98. The number of nitrogens with zero attached hydrogens (tertiary/aromatic N) is 1. The second kappa shape index (κ2) is 7.09. The fraction of sp³-hybridized carbons (Fsp3) is 0.600. The van der Waals surface area contributed by atoms with Crippen molar-refractivity contribution in [3.63, 3.8) is 0 Å². The molecule has 6 heteroatoms. The van der Waals surface area contributed by atoms with Gasteiger partial charge in [0.1, 0.15) is 5.69 Å². The van der Waals surface area contributed by atoms with Crippen LogP contribution in [0.4, 0.5) is 0 Å². The molecule has 21 heavy (non-hydrogen) atoms. The molecular weight excluding hydrogens is 290 g/mol. The highest BCUT2D eigenvalue weighted by atomic mass is 35.5. The smallest absolute Gasteiger partial charge is 0.270 e. The molecule has 1 aliphatic rings. The number of ketones is 1. The molecule has 118 valence electrons. The highest BCUT2D eigenvalue weighted by Gasteiger charge is 2.29. The van der Waals surface area contributed by atoms with E-state index in [-0.39, 0.29) is 30.1 Å². The minimum Gasteiger partial charge on any atom is -0.354 e. The largest absolute Gasteiger partial charge is 0.354 e. The van der Waals surface area contributed by atoms with Gasteiger partial charge in [-0.3, -0.25) is 9.59 Å². The predicted octanol–water partition coefficient (Wildman–Crippen LogP) is 2.21. The van der Waals surface area contributed by atoms with Gasteiger partial charge in [0.25, 0.3) is 5.91 Å². The molecule has 0 spiro atoms. The quantitative estimate of drug-likeness (QED) is 0.840. The van der Waals surface area contributed by atoms with E-state index in [4.69, 9.17) is 5.73 Å². The maximum atomic E-state index is 12.7. The van der Waals surface area contributed by atoms with Crippen molar-refractivity contribution < 1.29 is 9.59 Å². The average Bonchev–Trinajstić information content (AvgIpc) is 2.73. The molecule has 5 nitrogen and oxygen atoms in total. The number of amides is 1. The Bertz CT molecular complexity index is 539. The number of likely N-dealkylation sites (tertiary alicyclic amines) is 1. The summed E-state index contributed by atoms with van der Waals surface area (Å²) in [6, 6.07) is 0.111. The van der Waals surface area contributed by atoms with Gasteiger partial charge in [0.05, 0.1) is 0 Å². The highest BCUT2D eigenvalue weighted by molar-refractivity contribution is 6.02. The van der Waals surface area contributed by atoms with E-state index in [1.54, 1.807) is 0 Å². The summed E-state index contributed by atoms with van der Waals surface area (Å²) in [4.78, 5) is 29.3. The minimum absolute atomic E-state index is 0. The van der Waals surface area contributed by atoms with Gasteiger partial charge in [-0.2, -0.15) is 0 Å². The molecule has 1 aliphatic heterocycles. The zero-order valence-electron chi connectivity index (χ0n) is 12.9. The number of nitrogens with two attached hydrogens (primary N) is 1. The number of aromatic amines is 1. The number of H-pyrrole nitrogens is 1. The Hall–Kier alpha value is -1.33. The second-order valence-corrected chi connectivity index (χ2v) is 5.57. The Balaban J connectivity index is 0.00000220. The van der Waals surface area contributed by atoms with Crippen LogP contribution in [0.1, 0.15) is 58.3 Å². The normalized spacial score (nSPS) is 18.3. The van der Waals surface area contributed by atoms with Crippen LogP contribution < -0.4 is 5.73 Å². The lowest BCUT2D eigenvalue weighted by molar-refractivity contribution is 0.0617. The molecule has 1 aromatic heterocycles. The summed E-state index contributed by atoms with van der Waals surface area (Å²) in [6.45, 7) is 6.42. The third-order valence-corrected chi connectivity index (χ3v) is 4.16. The standard InChI is InChI=1S/C15H23N3O2.ClH/c1-9-13(11(3)19)10(2)17-14(9)15(20)18-7-5-4-6-12(18)8-16;/h12,17H,4-8,16H2,1-3H3;1H. The first-order chi connectivity index (χ1) is 9.47. The Morgan fingerprint density at radius 2 is 2.00 bits per heavy atom. The number of halogens is 1. The zero-order chi connectivity index (χ0) is 14.9. The maximum absolute atomic E-state index is 12.7. The van der Waals surface area contributed by atoms with Gasteiger partial charge in [0, 0.05) is 30.4 Å². The summed E-state index contributed by atoms with van der Waals surface area (Å²) in [6.07, 6.45) is 3.09. The topological polar surface area (TPSA) is 79.2 Å². The van der Waals surface area contributed by atoms with Crippen LogP contribution in [0.2, 0.25) is 0 Å². The van der Waals surface area contributed by atoms with Crippen molar-refractivity contribution in [1.82, 2.24) is 9.88 Å². The fourth-order valence-electron chi connectivity index (χ4n) is 3.15. The lowest BCUT2D eigenvalue weighted by atomic mass is 10.0. The summed E-state index contributed by atoms with van der Waals surface area (Å²) >= 11 is 0. The van der Waals surface area contributed by atoms with E-state index in [0.29, 0.717) is 17.8 Å². The van der Waals surface area contributed by atoms with E-state index < -0.39 is 0 Å². The van der Waals surface area contributed by atoms with Crippen LogP contribution in [0, 0.1) is 13.8 Å². The SMILES string of the molecule is CC(=O)c1c(C)[nH]c(C(=O)N2CCCCC2CN)c1C.Cl. The number of hydrogen-bond acceptors (Lipinski definition) is 3. The molecule has 1 atom stereocenters. The molecule has 0 radical (unpaired) electrons. The number of piperidine rings is 1. The zero-order valence-corrected chi connectivity index (χ0v) is 13.7. The van der Waals surface area contributed by atoms with E-state index in [1.165, 1.54) is 6.92 Å². The Morgan fingerprint density at radius 3 is 2.52 bits per heavy atom. The molecule has 0 aliphatic carbocycles. The minimum atomic E-state index is -0.0340. The van der Waals surface area contributed by atoms with Crippen molar-refractivity contribution >= 4 is 24.1 Å². The molecule has 0 saturated carbocycles. The molecule has 2 heterocycles. The summed E-state index contributed by atoms with van der Waals surface area (Å²) < 4.78 is 0. The average molecular weight is 314 g/mol. The summed E-state index contributed by atoms with van der Waals surface area (Å²) in [5.41, 5.74) is 8.46. The molecule has 1 saturated heterocycles. The molecular formula is C15H24ClN3O2. The first-order valence-corrected chi connectivity index (χ1v) is 7.18. The lowest BCUT2D eigenvalue weighted by Gasteiger charge is -2.35. The van der Waals surface area contributed by atoms with Crippen molar-refractivity contribution in [2.45, 2.75) is 46.1 Å². The first kappa shape index (κ1) is 17.7. The van der Waals surface area contributed by atoms with Crippen molar-refractivity contribution in [3.8, 4) is 0 Å². The van der Waals surface area contributed by atoms with E-state index in [1.807, 2.05) is 18.7 Å². The fourth-order valence-corrected chi connectivity index (χ4v) is 3.15. The van der Waals surface area contributed by atoms with Crippen molar-refractivity contribution in [2.75, 3.05) is 13.1 Å². The number of rotatable bonds is 3. The number of carbonyl (C=O) groups is 2. The van der Waals surface area contributed by atoms with Gasteiger partial charge in [-0.1, -0.05) is 0 Å². The molecule has 1 unspecified atom stereocenters. The van der Waals surface area contributed by atoms with Crippen LogP contribution in [0.5, 0.6) is 0 Å². The third kappa shape index (κ3) is 3.30. The number of hydrogen-bond donors (Lipinski definition) is 2. The first-order valence-electron chi connectivity index (χ1n) is 7.18. The molecule has 1 amide bonds. The van der Waals surface area contributed by atoms with Gasteiger partial charge in [0.15, 0.2) is 5.78 Å². The monoisotopic (exact) mass is 313 g/mol. The lowest BCUT2D eigenvalue weighted by Crippen LogP contribution is -2.47. The van der Waals surface area contributed by atoms with Gasteiger partial charge >= 0.3 is 0 Å². The van der Waals surface area contributed by atoms with Crippen LogP contribution in [0.3, 0.4) is 0 Å². The van der Waals surface area contributed by atoms with Crippen LogP contribution in [-0.2, 0) is 0 Å². The molecule has 1 aromatic rings. The molecule has 3 N–H and O–H groups in total. The summed E-state index contributed by atoms with van der Waals surface area (Å²) in [5.74, 6) is -0.0439. The van der Waals surface area contributed by atoms with Gasteiger partial charge < -0.3 is 15.6 Å². The van der Waals surface area contributed by atoms with Crippen LogP contribution >= 0.6 is 12.4 Å². The van der Waals surface area contributed by atoms with Gasteiger partial charge in [-0.25, -0.2) is 0 Å². The molecule has 2 rings (SSSR count). The summed E-state index contributed by atoms with van der Waals surface area (Å²) in [5, 5.41) is 0. The third-order valence-electron chi connectivity index (χ3n) is 4.16. The number of carbonyl (C=O) groups excluding carboxylic acids is 2. The van der Waals surface area contributed by atoms with Gasteiger partial charge in [0.2, 0.25) is 0 Å². The number of Topliss-reactive ketones (excluding diaryl/α,β-unsaturated/α-hetero) is 1. The van der Waals surface area contributed by atoms with E-state index in [0.717, 1.165) is 37.1 Å². The summed E-state index contributed by atoms with van der Waals surface area (Å²) in [7, 11) is 0. The molecule has 1 fully saturated rings. The second-order valence-electron chi connectivity index (χ2n) is 5.57. The highest BCUT2D eigenvalue weighted by Crippen LogP contribution is 2.23. The van der Waals surface area contributed by atoms with E-state index in [9.17, 15) is 9.59 Å². The van der Waals surface area contributed by atoms with Crippen LogP contribution in [0.15, 0.2) is 0 Å². The van der Waals surface area contributed by atoms with Crippen LogP contribution in [0.25, 0.3) is 0 Å². The predicted molar refractivity (Wildman–Crippen MR) is 85.2 cm³/mol. The van der Waals surface area contributed by atoms with Gasteiger partial charge in [-0.05, 0) is 45.6 Å². The Morgan fingerprint density at radius 1 is 1.33 bits per heavy atom. The molecule has 0 aromatic carbocycles. The van der Waals surface area contributed by atoms with Crippen LogP contribution in [-0.4, -0.2) is 40.7 Å². The number of aryl methyl sites for hydroxylation is 1. The van der Waals surface area contributed by atoms with Gasteiger partial charge in [-0.15, -0.1) is 12.4 Å². The van der Waals surface area contributed by atoms with Crippen molar-refractivity contribution in [1.29, 1.82) is 0 Å². The maximum Gasteiger partial charge on any atom is 0.270 e. The Labute approximate surface area is 131 Å². The number of aromatic nitrogens is 1. The number of nitrogens with one attached hydrogen (secondary N) is 1. The van der Waals surface area contributed by atoms with E-state index >= 15 is 0 Å². The molecule has 0 bridgehead atoms. The van der Waals surface area contributed by atoms with E-state index in [2.05, 4.69) is 4.98 Å². The van der Waals surface area contributed by atoms with Crippen molar-refractivity contribution in [3.05, 3.63) is 22.5 Å².